The number of fused-ring (bicyclic) bond motifs is 3. The van der Waals surface area contributed by atoms with Crippen molar-refractivity contribution in [2.75, 3.05) is 20.1 Å². The summed E-state index contributed by atoms with van der Waals surface area (Å²) in [5.74, 6) is -1.20. The van der Waals surface area contributed by atoms with Crippen molar-refractivity contribution >= 4 is 52.0 Å². The highest BCUT2D eigenvalue weighted by molar-refractivity contribution is 7.99. The van der Waals surface area contributed by atoms with E-state index in [9.17, 15) is 19.2 Å². The minimum Gasteiger partial charge on any atom is -0.361 e. The van der Waals surface area contributed by atoms with Crippen molar-refractivity contribution in [3.63, 3.8) is 0 Å². The normalized spacial score (nSPS) is 18.7. The Morgan fingerprint density at radius 1 is 0.891 bits per heavy atom. The molecule has 0 bridgehead atoms. The fraction of sp³-hybridized carbons (Fsp3) is 0.333. The molecule has 55 heavy (non-hydrogen) atoms. The van der Waals surface area contributed by atoms with Crippen LogP contribution in [0.25, 0.3) is 22.0 Å². The molecule has 0 saturated carbocycles. The Hall–Kier alpha value is -5.06. The predicted octanol–water partition coefficient (Wildman–Crippen LogP) is 3.24. The lowest BCUT2D eigenvalue weighted by atomic mass is 10.00. The van der Waals surface area contributed by atoms with Crippen LogP contribution in [0.5, 0.6) is 0 Å². The van der Waals surface area contributed by atoms with E-state index >= 15 is 0 Å². The molecule has 3 aromatic heterocycles. The van der Waals surface area contributed by atoms with Gasteiger partial charge in [0, 0.05) is 72.7 Å². The van der Waals surface area contributed by atoms with Crippen molar-refractivity contribution in [3.05, 3.63) is 106 Å². The SMILES string of the molecule is CN1C(=O)[C@H](CCCN)NC(=O)[C@H](CCCN)NCc2cccnc2Sc2c(Cl)ccc(-c3cnc(=O)[nH]c3)c2CNC(=O)[C@@H]1Cc1c[nH]c2ccccc12. The first-order valence-corrected chi connectivity index (χ1v) is 19.4. The molecular formula is C39H45ClN10O4S. The number of halogens is 1. The van der Waals surface area contributed by atoms with E-state index in [0.717, 1.165) is 22.0 Å². The summed E-state index contributed by atoms with van der Waals surface area (Å²) in [6.07, 6.45) is 8.48. The van der Waals surface area contributed by atoms with Gasteiger partial charge in [0.25, 0.3) is 0 Å². The van der Waals surface area contributed by atoms with E-state index < -0.39 is 35.6 Å². The van der Waals surface area contributed by atoms with Gasteiger partial charge in [-0.25, -0.2) is 14.8 Å². The van der Waals surface area contributed by atoms with Crippen LogP contribution >= 0.6 is 23.4 Å². The second-order valence-corrected chi connectivity index (χ2v) is 14.8. The molecule has 4 heterocycles. The summed E-state index contributed by atoms with van der Waals surface area (Å²) >= 11 is 8.28. The maximum atomic E-state index is 14.6. The first-order chi connectivity index (χ1) is 26.7. The third-order valence-corrected chi connectivity index (χ3v) is 11.4. The van der Waals surface area contributed by atoms with E-state index in [1.807, 2.05) is 48.7 Å². The van der Waals surface area contributed by atoms with E-state index in [4.69, 9.17) is 23.1 Å². The second kappa shape index (κ2) is 18.5. The Morgan fingerprint density at radius 2 is 1.67 bits per heavy atom. The van der Waals surface area contributed by atoms with Crippen LogP contribution in [-0.2, 0) is 33.9 Å². The zero-order chi connectivity index (χ0) is 38.9. The monoisotopic (exact) mass is 784 g/mol. The number of hydrogen-bond acceptors (Lipinski definition) is 10. The quantitative estimate of drug-likeness (QED) is 0.116. The molecule has 0 radical (unpaired) electrons. The standard InChI is InChI=1S/C39H45ClN10O4S/c1-50-33(17-24-19-44-30-9-3-2-8-27(24)30)36(52)46-22-28-26(25-20-47-39(54)48-21-25)12-13-29(40)34(28)55-37-23(7-6-16-43-37)18-45-31(10-4-14-41)35(51)49-32(38(50)53)11-5-15-42/h2-3,6-9,12-13,16,19-21,31-33,44-45H,4-5,10-11,14-15,17-18,22,41-42H2,1H3,(H,46,52)(H,49,51)(H,47,48,54)/t31-,32-,33-/m0/s1. The van der Waals surface area contributed by atoms with Crippen molar-refractivity contribution in [3.8, 4) is 11.1 Å². The number of amides is 3. The zero-order valence-electron chi connectivity index (χ0n) is 30.4. The minimum atomic E-state index is -0.985. The lowest BCUT2D eigenvalue weighted by Crippen LogP contribution is -2.57. The molecule has 14 nitrogen and oxygen atoms in total. The molecule has 1 aliphatic rings. The number of para-hydroxylation sites is 1. The number of nitrogens with one attached hydrogen (secondary N) is 5. The molecule has 16 heteroatoms. The van der Waals surface area contributed by atoms with Gasteiger partial charge in [-0.05, 0) is 79.2 Å². The smallest absolute Gasteiger partial charge is 0.344 e. The summed E-state index contributed by atoms with van der Waals surface area (Å²) in [6.45, 7) is 0.983. The number of benzene rings is 2. The molecule has 5 aromatic rings. The topological polar surface area (TPSA) is 217 Å². The molecule has 2 aromatic carbocycles. The van der Waals surface area contributed by atoms with Crippen LogP contribution < -0.4 is 33.1 Å². The van der Waals surface area contributed by atoms with Crippen LogP contribution in [-0.4, -0.2) is 80.8 Å². The maximum absolute atomic E-state index is 14.6. The highest BCUT2D eigenvalue weighted by atomic mass is 35.5. The number of nitrogens with zero attached hydrogens (tertiary/aromatic N) is 3. The van der Waals surface area contributed by atoms with E-state index in [2.05, 4.69) is 35.9 Å². The highest BCUT2D eigenvalue weighted by Gasteiger charge is 2.34. The van der Waals surface area contributed by atoms with E-state index in [1.165, 1.54) is 22.9 Å². The van der Waals surface area contributed by atoms with Gasteiger partial charge in [-0.2, -0.15) is 0 Å². The van der Waals surface area contributed by atoms with Gasteiger partial charge in [-0.3, -0.25) is 14.4 Å². The molecule has 0 fully saturated rings. The number of rotatable bonds is 9. The Labute approximate surface area is 327 Å². The number of carbonyl (C=O) groups is 3. The van der Waals surface area contributed by atoms with E-state index in [1.54, 1.807) is 25.5 Å². The van der Waals surface area contributed by atoms with Crippen LogP contribution in [0.15, 0.2) is 88.0 Å². The fourth-order valence-corrected chi connectivity index (χ4v) is 8.07. The number of carbonyl (C=O) groups excluding carboxylic acids is 3. The summed E-state index contributed by atoms with van der Waals surface area (Å²) in [5, 5.41) is 11.5. The van der Waals surface area contributed by atoms with Gasteiger partial charge < -0.3 is 42.3 Å². The summed E-state index contributed by atoms with van der Waals surface area (Å²) in [5.41, 5.74) is 15.8. The van der Waals surface area contributed by atoms with Crippen molar-refractivity contribution in [1.82, 2.24) is 40.8 Å². The van der Waals surface area contributed by atoms with Gasteiger partial charge in [0.05, 0.1) is 11.1 Å². The molecule has 9 N–H and O–H groups in total. The van der Waals surface area contributed by atoms with E-state index in [0.29, 0.717) is 64.0 Å². The maximum Gasteiger partial charge on any atom is 0.344 e. The second-order valence-electron chi connectivity index (χ2n) is 13.4. The van der Waals surface area contributed by atoms with Gasteiger partial charge in [-0.15, -0.1) is 0 Å². The third-order valence-electron chi connectivity index (χ3n) is 9.75. The highest BCUT2D eigenvalue weighted by Crippen LogP contribution is 2.41. The fourth-order valence-electron chi connectivity index (χ4n) is 6.73. The summed E-state index contributed by atoms with van der Waals surface area (Å²) in [6, 6.07) is 12.4. The van der Waals surface area contributed by atoms with Crippen LogP contribution in [0, 0.1) is 0 Å². The summed E-state index contributed by atoms with van der Waals surface area (Å²) in [7, 11) is 1.59. The molecule has 6 rings (SSSR count). The lowest BCUT2D eigenvalue weighted by Gasteiger charge is -2.32. The lowest BCUT2D eigenvalue weighted by molar-refractivity contribution is -0.142. The Bertz CT molecular complexity index is 2190. The average Bonchev–Trinajstić information content (AvgIpc) is 3.61. The number of aromatic amines is 2. The number of likely N-dealkylation sites (N-methyl/N-ethyl adjacent to an activating group) is 1. The van der Waals surface area contributed by atoms with Crippen molar-refractivity contribution in [2.24, 2.45) is 11.5 Å². The van der Waals surface area contributed by atoms with Gasteiger partial charge in [-0.1, -0.05) is 53.7 Å². The van der Waals surface area contributed by atoms with Crippen LogP contribution in [0.3, 0.4) is 0 Å². The van der Waals surface area contributed by atoms with E-state index in [-0.39, 0.29) is 31.8 Å². The number of nitrogens with two attached hydrogens (primary N) is 2. The van der Waals surface area contributed by atoms with Crippen LogP contribution in [0.1, 0.15) is 42.4 Å². The number of aromatic nitrogens is 4. The Kier molecular flexibility index (Phi) is 13.3. The molecule has 1 aliphatic heterocycles. The zero-order valence-corrected chi connectivity index (χ0v) is 32.0. The van der Waals surface area contributed by atoms with Crippen molar-refractivity contribution in [2.45, 2.75) is 73.2 Å². The molecule has 3 atom stereocenters. The largest absolute Gasteiger partial charge is 0.361 e. The van der Waals surface area contributed by atoms with Crippen molar-refractivity contribution < 1.29 is 14.4 Å². The molecule has 0 spiro atoms. The predicted molar refractivity (Wildman–Crippen MR) is 213 cm³/mol. The summed E-state index contributed by atoms with van der Waals surface area (Å²) in [4.78, 5) is 71.5. The van der Waals surface area contributed by atoms with Gasteiger partial charge in [0.15, 0.2) is 0 Å². The summed E-state index contributed by atoms with van der Waals surface area (Å²) < 4.78 is 0. The minimum absolute atomic E-state index is 0.0114. The number of hydrogen-bond donors (Lipinski definition) is 7. The van der Waals surface area contributed by atoms with Gasteiger partial charge in [0.2, 0.25) is 17.7 Å². The molecule has 0 saturated heterocycles. The van der Waals surface area contributed by atoms with Gasteiger partial charge >= 0.3 is 5.69 Å². The average molecular weight is 785 g/mol. The van der Waals surface area contributed by atoms with Crippen molar-refractivity contribution in [1.29, 1.82) is 0 Å². The molecular weight excluding hydrogens is 740 g/mol. The first kappa shape index (κ1) is 39.6. The molecule has 3 amide bonds. The Balaban J connectivity index is 1.48. The van der Waals surface area contributed by atoms with Crippen LogP contribution in [0.4, 0.5) is 0 Å². The van der Waals surface area contributed by atoms with Gasteiger partial charge in [0.1, 0.15) is 17.1 Å². The number of H-pyrrole nitrogens is 2. The first-order valence-electron chi connectivity index (χ1n) is 18.2. The Morgan fingerprint density at radius 3 is 2.44 bits per heavy atom. The molecule has 0 unspecified atom stereocenters. The number of pyridine rings is 1. The molecule has 0 aliphatic carbocycles. The van der Waals surface area contributed by atoms with Crippen LogP contribution in [0.2, 0.25) is 5.02 Å². The third kappa shape index (κ3) is 9.43. The molecule has 288 valence electrons.